The average molecular weight is 453 g/mol. The van der Waals surface area contributed by atoms with Gasteiger partial charge in [-0.05, 0) is 37.0 Å². The fraction of sp³-hybridized carbons (Fsp3) is 0.682. The van der Waals surface area contributed by atoms with Crippen molar-refractivity contribution < 1.29 is 17.9 Å². The van der Waals surface area contributed by atoms with Gasteiger partial charge in [0.1, 0.15) is 10.6 Å². The van der Waals surface area contributed by atoms with E-state index in [1.54, 1.807) is 12.1 Å². The Labute approximate surface area is 186 Å². The minimum Gasteiger partial charge on any atom is -0.495 e. The Balaban J connectivity index is 1.52. The molecule has 31 heavy (non-hydrogen) atoms. The van der Waals surface area contributed by atoms with Crippen LogP contribution in [0.2, 0.25) is 0 Å². The highest BCUT2D eigenvalue weighted by molar-refractivity contribution is 7.89. The lowest BCUT2D eigenvalue weighted by Crippen LogP contribution is -2.49. The molecule has 174 valence electrons. The van der Waals surface area contributed by atoms with Crippen molar-refractivity contribution in [2.45, 2.75) is 37.0 Å². The fourth-order valence-electron chi connectivity index (χ4n) is 4.42. The van der Waals surface area contributed by atoms with Gasteiger partial charge in [0.05, 0.1) is 13.7 Å². The molecule has 1 N–H and O–H groups in total. The number of amides is 1. The van der Waals surface area contributed by atoms with Crippen LogP contribution >= 0.6 is 0 Å². The predicted molar refractivity (Wildman–Crippen MR) is 122 cm³/mol. The maximum Gasteiger partial charge on any atom is 0.246 e. The smallest absolute Gasteiger partial charge is 0.246 e. The van der Waals surface area contributed by atoms with Crippen molar-refractivity contribution in [2.24, 2.45) is 5.92 Å². The lowest BCUT2D eigenvalue weighted by Gasteiger charge is -2.37. The fourth-order valence-corrected chi connectivity index (χ4v) is 5.50. The first-order chi connectivity index (χ1) is 14.8. The molecule has 0 bridgehead atoms. The molecule has 2 fully saturated rings. The van der Waals surface area contributed by atoms with Gasteiger partial charge >= 0.3 is 0 Å². The summed E-state index contributed by atoms with van der Waals surface area (Å²) in [5.74, 6) is 0.950. The first-order valence-corrected chi connectivity index (χ1v) is 12.6. The highest BCUT2D eigenvalue weighted by Crippen LogP contribution is 2.29. The van der Waals surface area contributed by atoms with Gasteiger partial charge in [-0.1, -0.05) is 19.3 Å². The Hall–Kier alpha value is -1.68. The Kier molecular flexibility index (Phi) is 8.32. The minimum absolute atomic E-state index is 0.0362. The van der Waals surface area contributed by atoms with Gasteiger partial charge in [-0.15, -0.1) is 0 Å². The van der Waals surface area contributed by atoms with Gasteiger partial charge in [0.15, 0.2) is 0 Å². The molecule has 1 amide bonds. The highest BCUT2D eigenvalue weighted by Gasteiger charge is 2.24. The average Bonchev–Trinajstić information content (AvgIpc) is 2.75. The summed E-state index contributed by atoms with van der Waals surface area (Å²) >= 11 is 0. The summed E-state index contributed by atoms with van der Waals surface area (Å²) in [5, 5.41) is 2.84. The normalized spacial score (nSPS) is 19.5. The molecule has 0 radical (unpaired) electrons. The lowest BCUT2D eigenvalue weighted by molar-refractivity contribution is -0.117. The molecule has 1 saturated heterocycles. The maximum atomic E-state index is 12.6. The van der Waals surface area contributed by atoms with Crippen LogP contribution in [0.5, 0.6) is 5.75 Å². The summed E-state index contributed by atoms with van der Waals surface area (Å²) in [6.45, 7) is 5.25. The van der Waals surface area contributed by atoms with Gasteiger partial charge in [-0.3, -0.25) is 9.69 Å². The van der Waals surface area contributed by atoms with Crippen molar-refractivity contribution in [3.8, 4) is 5.75 Å². The molecule has 0 spiro atoms. The number of ether oxygens (including phenoxy) is 1. The van der Waals surface area contributed by atoms with Gasteiger partial charge in [0.2, 0.25) is 15.9 Å². The zero-order valence-corrected chi connectivity index (χ0v) is 19.8. The van der Waals surface area contributed by atoms with Crippen molar-refractivity contribution in [1.82, 2.24) is 14.1 Å². The number of anilines is 1. The largest absolute Gasteiger partial charge is 0.495 e. The Bertz CT molecular complexity index is 845. The molecule has 8 nitrogen and oxygen atoms in total. The maximum absolute atomic E-state index is 12.6. The second-order valence-corrected chi connectivity index (χ2v) is 10.9. The van der Waals surface area contributed by atoms with Crippen molar-refractivity contribution in [2.75, 3.05) is 65.8 Å². The monoisotopic (exact) mass is 452 g/mol. The second kappa shape index (κ2) is 10.8. The van der Waals surface area contributed by atoms with Crippen molar-refractivity contribution in [3.05, 3.63) is 18.2 Å². The van der Waals surface area contributed by atoms with Crippen LogP contribution in [0.1, 0.15) is 32.1 Å². The van der Waals surface area contributed by atoms with Crippen LogP contribution in [-0.2, 0) is 14.8 Å². The molecule has 0 aromatic heterocycles. The molecule has 9 heteroatoms. The van der Waals surface area contributed by atoms with E-state index in [1.807, 2.05) is 0 Å². The molecule has 1 aromatic carbocycles. The summed E-state index contributed by atoms with van der Waals surface area (Å²) in [7, 11) is 0.677. The van der Waals surface area contributed by atoms with Gasteiger partial charge in [0.25, 0.3) is 0 Å². The van der Waals surface area contributed by atoms with Gasteiger partial charge in [0, 0.05) is 52.5 Å². The standard InChI is InChI=1S/C22H36N4O4S/c1-24(2)31(28,29)21-15-19(9-10-20(21)30-3)23-22(27)17-26-13-11-25(12-14-26)16-18-7-5-4-6-8-18/h9-10,15,18H,4-8,11-14,16-17H2,1-3H3,(H,23,27). The second-order valence-electron chi connectivity index (χ2n) is 8.78. The molecule has 1 aromatic rings. The van der Waals surface area contributed by atoms with Crippen LogP contribution in [-0.4, -0.2) is 88.9 Å². The van der Waals surface area contributed by atoms with Crippen LogP contribution in [0.15, 0.2) is 23.1 Å². The molecule has 0 atom stereocenters. The number of carbonyl (C=O) groups is 1. The SMILES string of the molecule is COc1ccc(NC(=O)CN2CCN(CC3CCCCC3)CC2)cc1S(=O)(=O)N(C)C. The zero-order chi connectivity index (χ0) is 22.4. The topological polar surface area (TPSA) is 82.2 Å². The number of nitrogens with zero attached hydrogens (tertiary/aromatic N) is 3. The first-order valence-electron chi connectivity index (χ1n) is 11.1. The lowest BCUT2D eigenvalue weighted by atomic mass is 9.89. The van der Waals surface area contributed by atoms with Crippen LogP contribution < -0.4 is 10.1 Å². The number of nitrogens with one attached hydrogen (secondary N) is 1. The summed E-state index contributed by atoms with van der Waals surface area (Å²) < 4.78 is 31.4. The van der Waals surface area contributed by atoms with E-state index >= 15 is 0 Å². The van der Waals surface area contributed by atoms with Crippen molar-refractivity contribution >= 4 is 21.6 Å². The third kappa shape index (κ3) is 6.41. The number of rotatable bonds is 8. The van der Waals surface area contributed by atoms with E-state index in [9.17, 15) is 13.2 Å². The number of piperazine rings is 1. The molecule has 1 saturated carbocycles. The van der Waals surface area contributed by atoms with E-state index in [0.717, 1.165) is 36.4 Å². The van der Waals surface area contributed by atoms with E-state index in [-0.39, 0.29) is 16.6 Å². The molecule has 2 aliphatic rings. The molecule has 1 aliphatic heterocycles. The van der Waals surface area contributed by atoms with E-state index < -0.39 is 10.0 Å². The van der Waals surface area contributed by atoms with E-state index in [1.165, 1.54) is 65.9 Å². The number of carbonyl (C=O) groups excluding carboxylic acids is 1. The minimum atomic E-state index is -3.68. The van der Waals surface area contributed by atoms with Crippen LogP contribution in [0.3, 0.4) is 0 Å². The van der Waals surface area contributed by atoms with Gasteiger partial charge < -0.3 is 15.0 Å². The Morgan fingerprint density at radius 2 is 1.74 bits per heavy atom. The molecular formula is C22H36N4O4S. The van der Waals surface area contributed by atoms with E-state index in [2.05, 4.69) is 15.1 Å². The molecule has 1 heterocycles. The number of sulfonamides is 1. The summed E-state index contributed by atoms with van der Waals surface area (Å²) in [5.41, 5.74) is 0.446. The molecular weight excluding hydrogens is 416 g/mol. The first kappa shape index (κ1) is 24.0. The van der Waals surface area contributed by atoms with E-state index in [0.29, 0.717) is 12.2 Å². The van der Waals surface area contributed by atoms with Crippen LogP contribution in [0.25, 0.3) is 0 Å². The van der Waals surface area contributed by atoms with Gasteiger partial charge in [-0.25, -0.2) is 12.7 Å². The summed E-state index contributed by atoms with van der Waals surface area (Å²) in [6.07, 6.45) is 6.84. The molecule has 0 unspecified atom stereocenters. The van der Waals surface area contributed by atoms with Gasteiger partial charge in [-0.2, -0.15) is 0 Å². The number of methoxy groups -OCH3 is 1. The predicted octanol–water partition coefficient (Wildman–Crippen LogP) is 2.08. The third-order valence-electron chi connectivity index (χ3n) is 6.28. The quantitative estimate of drug-likeness (QED) is 0.650. The number of hydrogen-bond donors (Lipinski definition) is 1. The Morgan fingerprint density at radius 3 is 2.35 bits per heavy atom. The third-order valence-corrected chi connectivity index (χ3v) is 8.12. The van der Waals surface area contributed by atoms with Crippen molar-refractivity contribution in [1.29, 1.82) is 0 Å². The number of benzene rings is 1. The molecule has 1 aliphatic carbocycles. The highest BCUT2D eigenvalue weighted by atomic mass is 32.2. The zero-order valence-electron chi connectivity index (χ0n) is 19.0. The van der Waals surface area contributed by atoms with Crippen molar-refractivity contribution in [3.63, 3.8) is 0 Å². The summed E-state index contributed by atoms with van der Waals surface area (Å²) in [4.78, 5) is 17.3. The van der Waals surface area contributed by atoms with Crippen LogP contribution in [0.4, 0.5) is 5.69 Å². The summed E-state index contributed by atoms with van der Waals surface area (Å²) in [6, 6.07) is 4.68. The number of hydrogen-bond acceptors (Lipinski definition) is 6. The van der Waals surface area contributed by atoms with Crippen LogP contribution in [0, 0.1) is 5.92 Å². The Morgan fingerprint density at radius 1 is 1.10 bits per heavy atom. The van der Waals surface area contributed by atoms with E-state index in [4.69, 9.17) is 4.74 Å². The molecule has 3 rings (SSSR count).